The Balaban J connectivity index is 1.97. The van der Waals surface area contributed by atoms with Crippen molar-refractivity contribution in [1.29, 1.82) is 0 Å². The van der Waals surface area contributed by atoms with Crippen molar-refractivity contribution in [3.8, 4) is 0 Å². The van der Waals surface area contributed by atoms with Crippen molar-refractivity contribution in [1.82, 2.24) is 5.32 Å². The van der Waals surface area contributed by atoms with Crippen LogP contribution in [0.15, 0.2) is 18.2 Å². The highest BCUT2D eigenvalue weighted by Gasteiger charge is 2.21. The molecule has 1 atom stereocenters. The lowest BCUT2D eigenvalue weighted by Crippen LogP contribution is -2.35. The minimum atomic E-state index is -0.174. The zero-order valence-electron chi connectivity index (χ0n) is 12.3. The zero-order chi connectivity index (χ0) is 14.4. The third-order valence-corrected chi connectivity index (χ3v) is 3.62. The van der Waals surface area contributed by atoms with Gasteiger partial charge < -0.3 is 14.8 Å². The first-order valence-corrected chi connectivity index (χ1v) is 7.40. The maximum absolute atomic E-state index is 13.2. The average molecular weight is 281 g/mol. The van der Waals surface area contributed by atoms with Gasteiger partial charge >= 0.3 is 0 Å². The number of aryl methyl sites for hydroxylation is 1. The van der Waals surface area contributed by atoms with E-state index in [2.05, 4.69) is 12.2 Å². The predicted molar refractivity (Wildman–Crippen MR) is 77.2 cm³/mol. The van der Waals surface area contributed by atoms with E-state index in [1.807, 2.05) is 13.0 Å². The number of nitrogens with one attached hydrogen (secondary N) is 1. The van der Waals surface area contributed by atoms with Crippen LogP contribution in [0.4, 0.5) is 4.39 Å². The third-order valence-electron chi connectivity index (χ3n) is 3.62. The maximum atomic E-state index is 13.2. The number of rotatable bonds is 7. The van der Waals surface area contributed by atoms with Crippen LogP contribution in [-0.4, -0.2) is 32.1 Å². The maximum Gasteiger partial charge on any atom is 0.159 e. The molecule has 20 heavy (non-hydrogen) atoms. The van der Waals surface area contributed by atoms with Gasteiger partial charge in [-0.15, -0.1) is 0 Å². The van der Waals surface area contributed by atoms with E-state index < -0.39 is 0 Å². The molecule has 1 saturated heterocycles. The fraction of sp³-hybridized carbons (Fsp3) is 0.625. The summed E-state index contributed by atoms with van der Waals surface area (Å²) in [5.74, 6) is -0.174. The Bertz CT molecular complexity index is 419. The molecule has 1 N–H and O–H groups in total. The molecule has 0 saturated carbocycles. The molecular formula is C16H24FNO2. The van der Waals surface area contributed by atoms with Crippen LogP contribution >= 0.6 is 0 Å². The summed E-state index contributed by atoms with van der Waals surface area (Å²) in [6.07, 6.45) is 2.68. The molecule has 1 fully saturated rings. The standard InChI is InChI=1S/C16H24FNO2/c1-3-6-18-15(11-16-19-7-8-20-16)10-13-4-5-14(17)9-12(13)2/h4-5,9,15-16,18H,3,6-8,10-11H2,1-2H3. The Labute approximate surface area is 120 Å². The normalized spacial score (nSPS) is 17.6. The van der Waals surface area contributed by atoms with Crippen LogP contribution in [0.25, 0.3) is 0 Å². The number of hydrogen-bond donors (Lipinski definition) is 1. The fourth-order valence-corrected chi connectivity index (χ4v) is 2.52. The van der Waals surface area contributed by atoms with Crippen LogP contribution < -0.4 is 5.32 Å². The smallest absolute Gasteiger partial charge is 0.159 e. The van der Waals surface area contributed by atoms with Crippen LogP contribution in [0.1, 0.15) is 30.9 Å². The largest absolute Gasteiger partial charge is 0.350 e. The Morgan fingerprint density at radius 1 is 1.35 bits per heavy atom. The molecule has 1 aliphatic heterocycles. The molecule has 0 amide bonds. The summed E-state index contributed by atoms with van der Waals surface area (Å²) in [5, 5.41) is 3.53. The summed E-state index contributed by atoms with van der Waals surface area (Å²) < 4.78 is 24.2. The molecule has 2 rings (SSSR count). The lowest BCUT2D eigenvalue weighted by Gasteiger charge is -2.22. The van der Waals surface area contributed by atoms with Gasteiger partial charge in [0.25, 0.3) is 0 Å². The first-order chi connectivity index (χ1) is 9.69. The van der Waals surface area contributed by atoms with Crippen molar-refractivity contribution in [3.63, 3.8) is 0 Å². The number of benzene rings is 1. The van der Waals surface area contributed by atoms with Crippen molar-refractivity contribution in [2.75, 3.05) is 19.8 Å². The summed E-state index contributed by atoms with van der Waals surface area (Å²) in [4.78, 5) is 0. The van der Waals surface area contributed by atoms with Crippen LogP contribution in [0.3, 0.4) is 0 Å². The average Bonchev–Trinajstić information content (AvgIpc) is 2.92. The van der Waals surface area contributed by atoms with E-state index in [4.69, 9.17) is 9.47 Å². The highest BCUT2D eigenvalue weighted by atomic mass is 19.1. The number of halogens is 1. The first kappa shape index (κ1) is 15.4. The number of hydrogen-bond acceptors (Lipinski definition) is 3. The molecule has 0 aliphatic carbocycles. The summed E-state index contributed by atoms with van der Waals surface area (Å²) in [6.45, 7) is 6.44. The molecule has 0 radical (unpaired) electrons. The summed E-state index contributed by atoms with van der Waals surface area (Å²) in [7, 11) is 0. The van der Waals surface area contributed by atoms with Gasteiger partial charge in [-0.1, -0.05) is 13.0 Å². The van der Waals surface area contributed by atoms with Crippen LogP contribution in [0.2, 0.25) is 0 Å². The number of ether oxygens (including phenoxy) is 2. The van der Waals surface area contributed by atoms with E-state index in [-0.39, 0.29) is 12.1 Å². The van der Waals surface area contributed by atoms with Gasteiger partial charge in [0.2, 0.25) is 0 Å². The van der Waals surface area contributed by atoms with Gasteiger partial charge in [-0.3, -0.25) is 0 Å². The van der Waals surface area contributed by atoms with Gasteiger partial charge in [-0.25, -0.2) is 4.39 Å². The van der Waals surface area contributed by atoms with Crippen LogP contribution in [-0.2, 0) is 15.9 Å². The molecule has 0 bridgehead atoms. The molecule has 112 valence electrons. The van der Waals surface area contributed by atoms with Crippen LogP contribution in [0, 0.1) is 12.7 Å². The Hall–Kier alpha value is -0.970. The lowest BCUT2D eigenvalue weighted by atomic mass is 9.98. The highest BCUT2D eigenvalue weighted by Crippen LogP contribution is 2.17. The topological polar surface area (TPSA) is 30.5 Å². The molecule has 1 aromatic carbocycles. The SMILES string of the molecule is CCCNC(Cc1ccc(F)cc1C)CC1OCCO1. The van der Waals surface area contributed by atoms with E-state index in [9.17, 15) is 4.39 Å². The quantitative estimate of drug-likeness (QED) is 0.833. The Kier molecular flexibility index (Phi) is 5.95. The molecule has 4 heteroatoms. The van der Waals surface area contributed by atoms with E-state index in [0.29, 0.717) is 19.3 Å². The van der Waals surface area contributed by atoms with Gasteiger partial charge in [0.05, 0.1) is 13.2 Å². The summed E-state index contributed by atoms with van der Waals surface area (Å²) in [6, 6.07) is 5.29. The van der Waals surface area contributed by atoms with Crippen molar-refractivity contribution < 1.29 is 13.9 Å². The molecule has 1 heterocycles. The molecule has 3 nitrogen and oxygen atoms in total. The summed E-state index contributed by atoms with van der Waals surface area (Å²) >= 11 is 0. The second-order valence-electron chi connectivity index (χ2n) is 5.33. The first-order valence-electron chi connectivity index (χ1n) is 7.40. The monoisotopic (exact) mass is 281 g/mol. The predicted octanol–water partition coefficient (Wildman–Crippen LogP) is 2.81. The van der Waals surface area contributed by atoms with E-state index >= 15 is 0 Å². The van der Waals surface area contributed by atoms with Gasteiger partial charge in [0, 0.05) is 12.5 Å². The van der Waals surface area contributed by atoms with E-state index in [1.54, 1.807) is 6.07 Å². The van der Waals surface area contributed by atoms with Gasteiger partial charge in [-0.05, 0) is 49.6 Å². The fourth-order valence-electron chi connectivity index (χ4n) is 2.52. The van der Waals surface area contributed by atoms with Crippen molar-refractivity contribution in [2.45, 2.75) is 45.4 Å². The van der Waals surface area contributed by atoms with E-state index in [1.165, 1.54) is 11.6 Å². The molecule has 1 unspecified atom stereocenters. The zero-order valence-corrected chi connectivity index (χ0v) is 12.3. The molecule has 0 aromatic heterocycles. The Morgan fingerprint density at radius 2 is 2.10 bits per heavy atom. The van der Waals surface area contributed by atoms with Gasteiger partial charge in [0.1, 0.15) is 5.82 Å². The molecule has 1 aliphatic rings. The summed E-state index contributed by atoms with van der Waals surface area (Å²) in [5.41, 5.74) is 2.18. The third kappa shape index (κ3) is 4.54. The van der Waals surface area contributed by atoms with Gasteiger partial charge in [0.15, 0.2) is 6.29 Å². The molecular weight excluding hydrogens is 257 g/mol. The van der Waals surface area contributed by atoms with E-state index in [0.717, 1.165) is 31.4 Å². The molecule has 0 spiro atoms. The minimum Gasteiger partial charge on any atom is -0.350 e. The van der Waals surface area contributed by atoms with Crippen molar-refractivity contribution >= 4 is 0 Å². The van der Waals surface area contributed by atoms with Crippen molar-refractivity contribution in [2.24, 2.45) is 0 Å². The van der Waals surface area contributed by atoms with Crippen LogP contribution in [0.5, 0.6) is 0 Å². The lowest BCUT2D eigenvalue weighted by molar-refractivity contribution is -0.0526. The van der Waals surface area contributed by atoms with Crippen molar-refractivity contribution in [3.05, 3.63) is 35.1 Å². The Morgan fingerprint density at radius 3 is 2.75 bits per heavy atom. The highest BCUT2D eigenvalue weighted by molar-refractivity contribution is 5.27. The second kappa shape index (κ2) is 7.72. The van der Waals surface area contributed by atoms with Gasteiger partial charge in [-0.2, -0.15) is 0 Å². The molecule has 1 aromatic rings. The minimum absolute atomic E-state index is 0.106. The second-order valence-corrected chi connectivity index (χ2v) is 5.33.